The summed E-state index contributed by atoms with van der Waals surface area (Å²) in [6.07, 6.45) is 3.03. The predicted molar refractivity (Wildman–Crippen MR) is 75.3 cm³/mol. The number of nitriles is 1. The Hall–Kier alpha value is -3.61. The van der Waals surface area contributed by atoms with Crippen molar-refractivity contribution in [3.63, 3.8) is 0 Å². The van der Waals surface area contributed by atoms with Crippen LogP contribution in [0.5, 0.6) is 0 Å². The van der Waals surface area contributed by atoms with Gasteiger partial charge in [0.05, 0.1) is 5.69 Å². The lowest BCUT2D eigenvalue weighted by atomic mass is 10.2. The van der Waals surface area contributed by atoms with E-state index in [1.54, 1.807) is 4.68 Å². The van der Waals surface area contributed by atoms with Gasteiger partial charge in [-0.1, -0.05) is 6.07 Å². The quantitative estimate of drug-likeness (QED) is 0.663. The molecule has 10 nitrogen and oxygen atoms in total. The molecule has 3 aromatic rings. The van der Waals surface area contributed by atoms with Crippen LogP contribution in [0.1, 0.15) is 11.4 Å². The van der Waals surface area contributed by atoms with E-state index in [4.69, 9.17) is 5.26 Å². The van der Waals surface area contributed by atoms with E-state index in [9.17, 15) is 0 Å². The lowest BCUT2D eigenvalue weighted by Gasteiger charge is -2.08. The summed E-state index contributed by atoms with van der Waals surface area (Å²) in [4.78, 5) is 0. The van der Waals surface area contributed by atoms with Gasteiger partial charge in [0.25, 0.3) is 0 Å². The van der Waals surface area contributed by atoms with E-state index in [1.807, 2.05) is 31.2 Å². The van der Waals surface area contributed by atoms with Crippen molar-refractivity contribution in [3.8, 4) is 11.8 Å². The lowest BCUT2D eigenvalue weighted by Crippen LogP contribution is -1.99. The van der Waals surface area contributed by atoms with Gasteiger partial charge in [-0.05, 0) is 40.3 Å². The third-order valence-corrected chi connectivity index (χ3v) is 2.91. The van der Waals surface area contributed by atoms with Gasteiger partial charge in [0.15, 0.2) is 0 Å². The average Bonchev–Trinajstić information content (AvgIpc) is 3.23. The molecule has 108 valence electrons. The molecule has 0 bridgehead atoms. The van der Waals surface area contributed by atoms with Gasteiger partial charge in [0, 0.05) is 11.9 Å². The van der Waals surface area contributed by atoms with Gasteiger partial charge in [-0.25, -0.2) is 4.68 Å². The summed E-state index contributed by atoms with van der Waals surface area (Å²) in [5, 5.41) is 36.5. The highest BCUT2D eigenvalue weighted by Crippen LogP contribution is 2.19. The maximum Gasteiger partial charge on any atom is 0.216 e. The molecule has 0 aliphatic rings. The first kappa shape index (κ1) is 13.4. The van der Waals surface area contributed by atoms with Crippen molar-refractivity contribution in [2.24, 2.45) is 0 Å². The van der Waals surface area contributed by atoms with Crippen molar-refractivity contribution < 1.29 is 0 Å². The number of benzene rings is 1. The van der Waals surface area contributed by atoms with Crippen LogP contribution in [0, 0.1) is 18.3 Å². The van der Waals surface area contributed by atoms with Crippen LogP contribution in [0.4, 0.5) is 5.69 Å². The number of aryl methyl sites for hydroxylation is 1. The molecule has 0 fully saturated rings. The highest BCUT2D eigenvalue weighted by molar-refractivity contribution is 5.74. The van der Waals surface area contributed by atoms with Crippen molar-refractivity contribution >= 4 is 11.3 Å². The van der Waals surface area contributed by atoms with E-state index in [-0.39, 0.29) is 11.4 Å². The highest BCUT2D eigenvalue weighted by atomic mass is 15.5. The van der Waals surface area contributed by atoms with Gasteiger partial charge in [0.2, 0.25) is 5.82 Å². The first-order valence-electron chi connectivity index (χ1n) is 6.22. The van der Waals surface area contributed by atoms with E-state index < -0.39 is 0 Å². The van der Waals surface area contributed by atoms with Gasteiger partial charge >= 0.3 is 0 Å². The Labute approximate surface area is 124 Å². The molecule has 0 unspecified atom stereocenters. The van der Waals surface area contributed by atoms with Crippen molar-refractivity contribution in [2.75, 3.05) is 5.32 Å². The number of rotatable bonds is 4. The third-order valence-electron chi connectivity index (χ3n) is 2.91. The van der Waals surface area contributed by atoms with Crippen LogP contribution in [0.2, 0.25) is 0 Å². The molecule has 0 amide bonds. The van der Waals surface area contributed by atoms with E-state index in [2.05, 4.69) is 41.5 Å². The number of aromatic nitrogens is 8. The minimum Gasteiger partial charge on any atom is -0.360 e. The summed E-state index contributed by atoms with van der Waals surface area (Å²) in [6, 6.07) is 7.70. The number of nitrogens with one attached hydrogen (secondary N) is 2. The first-order valence-corrected chi connectivity index (χ1v) is 6.22. The van der Waals surface area contributed by atoms with E-state index in [1.165, 1.54) is 12.5 Å². The van der Waals surface area contributed by atoms with Crippen molar-refractivity contribution in [1.29, 1.82) is 5.26 Å². The number of nitrogens with zero attached hydrogens (tertiary/aromatic N) is 8. The maximum atomic E-state index is 9.14. The van der Waals surface area contributed by atoms with Crippen LogP contribution < -0.4 is 5.32 Å². The summed E-state index contributed by atoms with van der Waals surface area (Å²) in [5.41, 5.74) is 2.87. The lowest BCUT2D eigenvalue weighted by molar-refractivity contribution is 0.789. The number of hydrogen-bond acceptors (Lipinski definition) is 8. The number of hydrogen-bond donors (Lipinski definition) is 2. The van der Waals surface area contributed by atoms with Gasteiger partial charge in [0.1, 0.15) is 18.0 Å². The molecule has 2 N–H and O–H groups in total. The molecule has 22 heavy (non-hydrogen) atoms. The number of tetrazole rings is 2. The second-order valence-electron chi connectivity index (χ2n) is 4.30. The normalized spacial score (nSPS) is 11.2. The Morgan fingerprint density at radius 2 is 2.36 bits per heavy atom. The summed E-state index contributed by atoms with van der Waals surface area (Å²) in [7, 11) is 0. The molecule has 0 saturated heterocycles. The Kier molecular flexibility index (Phi) is 3.52. The standard InChI is InChI=1S/C12H10N10/c1-8-2-3-10(22-7-15-18-21-22)4-11(8)14-6-9(5-13)12-16-19-20-17-12/h2-4,6-7,14H,1H3,(H,16,17,19,20). The van der Waals surface area contributed by atoms with Crippen LogP contribution in [0.15, 0.2) is 30.7 Å². The van der Waals surface area contributed by atoms with Gasteiger partial charge in [-0.2, -0.15) is 10.5 Å². The molecule has 0 aliphatic carbocycles. The topological polar surface area (TPSA) is 134 Å². The molecule has 0 radical (unpaired) electrons. The largest absolute Gasteiger partial charge is 0.360 e. The second-order valence-corrected chi connectivity index (χ2v) is 4.30. The predicted octanol–water partition coefficient (Wildman–Crippen LogP) is 0.460. The molecule has 2 aromatic heterocycles. The number of anilines is 1. The van der Waals surface area contributed by atoms with Crippen LogP contribution in [-0.2, 0) is 0 Å². The Morgan fingerprint density at radius 1 is 1.45 bits per heavy atom. The molecule has 0 aliphatic heterocycles. The fraction of sp³-hybridized carbons (Fsp3) is 0.0833. The van der Waals surface area contributed by atoms with Gasteiger partial charge in [-0.3, -0.25) is 0 Å². The first-order chi connectivity index (χ1) is 10.8. The molecule has 0 atom stereocenters. The van der Waals surface area contributed by atoms with Gasteiger partial charge < -0.3 is 5.32 Å². The SMILES string of the molecule is Cc1ccc(-n2cnnn2)cc1NC=C(C#N)c1nn[nH]n1. The third kappa shape index (κ3) is 2.63. The summed E-state index contributed by atoms with van der Waals surface area (Å²) < 4.78 is 1.54. The molecule has 2 heterocycles. The molecule has 0 spiro atoms. The minimum atomic E-state index is 0.226. The van der Waals surface area contributed by atoms with E-state index in [0.29, 0.717) is 0 Å². The van der Waals surface area contributed by atoms with E-state index in [0.717, 1.165) is 16.9 Å². The van der Waals surface area contributed by atoms with Gasteiger partial charge in [-0.15, -0.1) is 15.3 Å². The van der Waals surface area contributed by atoms with Crippen LogP contribution in [0.3, 0.4) is 0 Å². The molecular weight excluding hydrogens is 284 g/mol. The van der Waals surface area contributed by atoms with E-state index >= 15 is 0 Å². The number of allylic oxidation sites excluding steroid dienone is 1. The number of H-pyrrole nitrogens is 1. The fourth-order valence-corrected chi connectivity index (χ4v) is 1.76. The monoisotopic (exact) mass is 294 g/mol. The highest BCUT2D eigenvalue weighted by Gasteiger charge is 2.07. The van der Waals surface area contributed by atoms with Crippen LogP contribution in [-0.4, -0.2) is 40.8 Å². The molecule has 3 rings (SSSR count). The molecular formula is C12H10N10. The van der Waals surface area contributed by atoms with Crippen molar-refractivity contribution in [3.05, 3.63) is 42.1 Å². The Balaban J connectivity index is 1.89. The summed E-state index contributed by atoms with van der Waals surface area (Å²) in [6.45, 7) is 1.94. The van der Waals surface area contributed by atoms with Crippen LogP contribution in [0.25, 0.3) is 11.3 Å². The number of aromatic amines is 1. The average molecular weight is 294 g/mol. The second kappa shape index (κ2) is 5.80. The zero-order valence-electron chi connectivity index (χ0n) is 11.5. The maximum absolute atomic E-state index is 9.14. The summed E-state index contributed by atoms with van der Waals surface area (Å²) in [5.74, 6) is 0.226. The molecule has 1 aromatic carbocycles. The van der Waals surface area contributed by atoms with Crippen LogP contribution >= 0.6 is 0 Å². The fourth-order valence-electron chi connectivity index (χ4n) is 1.76. The Bertz CT molecular complexity index is 825. The smallest absolute Gasteiger partial charge is 0.216 e. The molecule has 0 saturated carbocycles. The van der Waals surface area contributed by atoms with Crippen molar-refractivity contribution in [2.45, 2.75) is 6.92 Å². The Morgan fingerprint density at radius 3 is 3.05 bits per heavy atom. The zero-order valence-corrected chi connectivity index (χ0v) is 11.5. The summed E-state index contributed by atoms with van der Waals surface area (Å²) >= 11 is 0. The molecule has 10 heteroatoms. The van der Waals surface area contributed by atoms with Crippen molar-refractivity contribution in [1.82, 2.24) is 40.8 Å². The minimum absolute atomic E-state index is 0.226. The zero-order chi connectivity index (χ0) is 15.4.